The Morgan fingerprint density at radius 2 is 1.67 bits per heavy atom. The maximum absolute atomic E-state index is 13.0. The smallest absolute Gasteiger partial charge is 0.258 e. The molecule has 1 saturated heterocycles. The van der Waals surface area contributed by atoms with Crippen molar-refractivity contribution < 1.29 is 17.9 Å². The number of anilines is 1. The van der Waals surface area contributed by atoms with Gasteiger partial charge in [-0.1, -0.05) is 24.3 Å². The molecule has 0 aromatic heterocycles. The van der Waals surface area contributed by atoms with Crippen molar-refractivity contribution in [2.24, 2.45) is 0 Å². The molecule has 1 aliphatic heterocycles. The molecule has 1 fully saturated rings. The second-order valence-electron chi connectivity index (χ2n) is 6.81. The number of para-hydroxylation sites is 1. The molecule has 0 saturated carbocycles. The lowest BCUT2D eigenvalue weighted by Crippen LogP contribution is -2.48. The number of amides is 1. The number of benzene rings is 2. The third kappa shape index (κ3) is 4.21. The summed E-state index contributed by atoms with van der Waals surface area (Å²) in [6.45, 7) is 4.31. The normalized spacial score (nSPS) is 21.0. The van der Waals surface area contributed by atoms with E-state index in [1.54, 1.807) is 19.2 Å². The van der Waals surface area contributed by atoms with Gasteiger partial charge >= 0.3 is 0 Å². The molecule has 2 aromatic rings. The highest BCUT2D eigenvalue weighted by Crippen LogP contribution is 2.23. The van der Waals surface area contributed by atoms with Crippen LogP contribution in [-0.2, 0) is 14.8 Å². The fourth-order valence-corrected chi connectivity index (χ4v) is 4.87. The van der Waals surface area contributed by atoms with Gasteiger partial charge in [0.1, 0.15) is 0 Å². The Bertz CT molecular complexity index is 905. The van der Waals surface area contributed by atoms with E-state index in [0.29, 0.717) is 18.7 Å². The summed E-state index contributed by atoms with van der Waals surface area (Å²) in [5.74, 6) is -0.262. The number of nitrogens with zero attached hydrogens (tertiary/aromatic N) is 2. The van der Waals surface area contributed by atoms with Crippen molar-refractivity contribution in [3.63, 3.8) is 0 Å². The predicted octanol–water partition coefficient (Wildman–Crippen LogP) is 2.76. The van der Waals surface area contributed by atoms with Gasteiger partial charge in [0, 0.05) is 31.4 Å². The van der Waals surface area contributed by atoms with Crippen molar-refractivity contribution in [2.75, 3.05) is 25.0 Å². The van der Waals surface area contributed by atoms with Crippen LogP contribution in [0.15, 0.2) is 59.5 Å². The van der Waals surface area contributed by atoms with Crippen LogP contribution >= 0.6 is 0 Å². The Morgan fingerprint density at radius 3 is 2.30 bits per heavy atom. The largest absolute Gasteiger partial charge is 0.373 e. The second-order valence-corrected chi connectivity index (χ2v) is 8.74. The lowest BCUT2D eigenvalue weighted by atomic mass is 10.2. The first kappa shape index (κ1) is 19.5. The molecule has 0 spiro atoms. The first-order chi connectivity index (χ1) is 12.8. The van der Waals surface area contributed by atoms with Crippen LogP contribution in [0.1, 0.15) is 24.2 Å². The first-order valence-corrected chi connectivity index (χ1v) is 10.3. The summed E-state index contributed by atoms with van der Waals surface area (Å²) < 4.78 is 33.1. The van der Waals surface area contributed by atoms with E-state index in [-0.39, 0.29) is 23.0 Å². The Labute approximate surface area is 160 Å². The summed E-state index contributed by atoms with van der Waals surface area (Å²) in [7, 11) is -2.02. The Morgan fingerprint density at radius 1 is 1.04 bits per heavy atom. The van der Waals surface area contributed by atoms with Gasteiger partial charge in [0.2, 0.25) is 10.0 Å². The minimum atomic E-state index is -3.69. The van der Waals surface area contributed by atoms with E-state index in [2.05, 4.69) is 0 Å². The Balaban J connectivity index is 1.88. The summed E-state index contributed by atoms with van der Waals surface area (Å²) in [6.07, 6.45) is -0.338. The average molecular weight is 388 g/mol. The molecule has 7 heteroatoms. The number of sulfonamides is 1. The van der Waals surface area contributed by atoms with Crippen LogP contribution in [0.2, 0.25) is 0 Å². The third-order valence-electron chi connectivity index (χ3n) is 4.55. The quantitative estimate of drug-likeness (QED) is 0.808. The molecule has 2 atom stereocenters. The maximum Gasteiger partial charge on any atom is 0.258 e. The molecule has 3 rings (SSSR count). The number of rotatable bonds is 4. The van der Waals surface area contributed by atoms with Crippen LogP contribution in [0.25, 0.3) is 0 Å². The maximum atomic E-state index is 13.0. The zero-order valence-corrected chi connectivity index (χ0v) is 16.5. The van der Waals surface area contributed by atoms with Crippen molar-refractivity contribution in [1.29, 1.82) is 0 Å². The highest BCUT2D eigenvalue weighted by atomic mass is 32.2. The molecule has 1 aliphatic rings. The lowest BCUT2D eigenvalue weighted by molar-refractivity contribution is -0.0440. The molecule has 2 aromatic carbocycles. The average Bonchev–Trinajstić information content (AvgIpc) is 2.67. The van der Waals surface area contributed by atoms with Crippen LogP contribution in [0.4, 0.5) is 5.69 Å². The molecule has 27 heavy (non-hydrogen) atoms. The number of ether oxygens (including phenoxy) is 1. The molecular weight excluding hydrogens is 364 g/mol. The van der Waals surface area contributed by atoms with Gasteiger partial charge in [-0.15, -0.1) is 0 Å². The van der Waals surface area contributed by atoms with Crippen LogP contribution in [-0.4, -0.2) is 51.0 Å². The van der Waals surface area contributed by atoms with E-state index in [0.717, 1.165) is 5.69 Å². The monoisotopic (exact) mass is 388 g/mol. The molecule has 0 radical (unpaired) electrons. The van der Waals surface area contributed by atoms with E-state index in [1.165, 1.54) is 21.3 Å². The van der Waals surface area contributed by atoms with Crippen LogP contribution in [0.5, 0.6) is 0 Å². The summed E-state index contributed by atoms with van der Waals surface area (Å²) >= 11 is 0. The Hall–Kier alpha value is -2.22. The number of morpholine rings is 1. The SMILES string of the molecule is CC1CN(S(=O)(=O)c2cccc(C(=O)N(C)c3ccccc3)c2)CC(C)O1. The third-order valence-corrected chi connectivity index (χ3v) is 6.38. The van der Waals surface area contributed by atoms with Crippen molar-refractivity contribution in [2.45, 2.75) is 31.0 Å². The van der Waals surface area contributed by atoms with Gasteiger partial charge in [-0.3, -0.25) is 4.79 Å². The van der Waals surface area contributed by atoms with Crippen LogP contribution < -0.4 is 4.90 Å². The van der Waals surface area contributed by atoms with Gasteiger partial charge in [-0.25, -0.2) is 8.42 Å². The molecule has 0 bridgehead atoms. The minimum Gasteiger partial charge on any atom is -0.373 e. The molecule has 1 amide bonds. The van der Waals surface area contributed by atoms with Crippen LogP contribution in [0.3, 0.4) is 0 Å². The zero-order chi connectivity index (χ0) is 19.6. The first-order valence-electron chi connectivity index (χ1n) is 8.88. The number of carbonyl (C=O) groups is 1. The minimum absolute atomic E-state index is 0.121. The van der Waals surface area contributed by atoms with Crippen molar-refractivity contribution >= 4 is 21.6 Å². The lowest BCUT2D eigenvalue weighted by Gasteiger charge is -2.34. The Kier molecular flexibility index (Phi) is 5.64. The van der Waals surface area contributed by atoms with E-state index in [4.69, 9.17) is 4.74 Å². The van der Waals surface area contributed by atoms with Gasteiger partial charge in [0.05, 0.1) is 17.1 Å². The van der Waals surface area contributed by atoms with E-state index < -0.39 is 10.0 Å². The van der Waals surface area contributed by atoms with Gasteiger partial charge in [-0.05, 0) is 44.2 Å². The molecule has 1 heterocycles. The topological polar surface area (TPSA) is 66.9 Å². The van der Waals surface area contributed by atoms with Gasteiger partial charge in [0.25, 0.3) is 5.91 Å². The summed E-state index contributed by atoms with van der Waals surface area (Å²) in [6, 6.07) is 15.4. The zero-order valence-electron chi connectivity index (χ0n) is 15.7. The second kappa shape index (κ2) is 7.80. The van der Waals surface area contributed by atoms with Crippen molar-refractivity contribution in [1.82, 2.24) is 4.31 Å². The van der Waals surface area contributed by atoms with E-state index in [1.807, 2.05) is 44.2 Å². The molecule has 144 valence electrons. The van der Waals surface area contributed by atoms with Gasteiger partial charge in [-0.2, -0.15) is 4.31 Å². The fraction of sp³-hybridized carbons (Fsp3) is 0.350. The summed E-state index contributed by atoms with van der Waals surface area (Å²) in [4.78, 5) is 14.4. The van der Waals surface area contributed by atoms with E-state index in [9.17, 15) is 13.2 Å². The van der Waals surface area contributed by atoms with Crippen LogP contribution in [0, 0.1) is 0 Å². The molecule has 2 unspecified atom stereocenters. The highest BCUT2D eigenvalue weighted by Gasteiger charge is 2.32. The van der Waals surface area contributed by atoms with Crippen molar-refractivity contribution in [3.05, 3.63) is 60.2 Å². The summed E-state index contributed by atoms with van der Waals surface area (Å²) in [5, 5.41) is 0. The molecule has 0 N–H and O–H groups in total. The number of carbonyl (C=O) groups excluding carboxylic acids is 1. The molecule has 0 aliphatic carbocycles. The van der Waals surface area contributed by atoms with Gasteiger partial charge in [0.15, 0.2) is 0 Å². The highest BCUT2D eigenvalue weighted by molar-refractivity contribution is 7.89. The van der Waals surface area contributed by atoms with E-state index >= 15 is 0 Å². The fourth-order valence-electron chi connectivity index (χ4n) is 3.23. The van der Waals surface area contributed by atoms with Crippen molar-refractivity contribution in [3.8, 4) is 0 Å². The number of hydrogen-bond donors (Lipinski definition) is 0. The molecule has 6 nitrogen and oxygen atoms in total. The standard InChI is InChI=1S/C20H24N2O4S/c1-15-13-22(14-16(2)26-15)27(24,25)19-11-7-8-17(12-19)20(23)21(3)18-9-5-4-6-10-18/h4-12,15-16H,13-14H2,1-3H3. The summed E-state index contributed by atoms with van der Waals surface area (Å²) in [5.41, 5.74) is 1.07. The molecular formula is C20H24N2O4S. The number of hydrogen-bond acceptors (Lipinski definition) is 4. The van der Waals surface area contributed by atoms with Gasteiger partial charge < -0.3 is 9.64 Å². The predicted molar refractivity (Wildman–Crippen MR) is 104 cm³/mol.